The molecule has 1 nitrogen and oxygen atoms in total. The molecule has 0 aromatic carbocycles. The van der Waals surface area contributed by atoms with Crippen molar-refractivity contribution in [3.05, 3.63) is 12.2 Å². The van der Waals surface area contributed by atoms with E-state index in [0.717, 1.165) is 18.9 Å². The second-order valence-corrected chi connectivity index (χ2v) is 4.45. The molecule has 0 heterocycles. The largest absolute Gasteiger partial charge is 0.308 e. The lowest BCUT2D eigenvalue weighted by atomic mass is 9.98. The van der Waals surface area contributed by atoms with Crippen LogP contribution in [0.3, 0.4) is 0 Å². The summed E-state index contributed by atoms with van der Waals surface area (Å²) in [5, 5.41) is 3.57. The Morgan fingerprint density at radius 3 is 2.50 bits per heavy atom. The normalized spacial score (nSPS) is 17.9. The third-order valence-electron chi connectivity index (χ3n) is 2.89. The van der Waals surface area contributed by atoms with Crippen molar-refractivity contribution < 1.29 is 0 Å². The highest BCUT2D eigenvalue weighted by molar-refractivity contribution is 5.01. The van der Waals surface area contributed by atoms with E-state index in [-0.39, 0.29) is 0 Å². The number of rotatable bonds is 5. The molecule has 12 heavy (non-hydrogen) atoms. The fourth-order valence-electron chi connectivity index (χ4n) is 1.43. The van der Waals surface area contributed by atoms with E-state index in [4.69, 9.17) is 0 Å². The number of hydrogen-bond acceptors (Lipinski definition) is 1. The highest BCUT2D eigenvalue weighted by Crippen LogP contribution is 2.39. The van der Waals surface area contributed by atoms with Gasteiger partial charge >= 0.3 is 0 Å². The average molecular weight is 167 g/mol. The van der Waals surface area contributed by atoms with Gasteiger partial charge in [-0.15, -0.1) is 0 Å². The highest BCUT2D eigenvalue weighted by atomic mass is 15.0. The quantitative estimate of drug-likeness (QED) is 0.621. The van der Waals surface area contributed by atoms with Gasteiger partial charge in [0.1, 0.15) is 0 Å². The lowest BCUT2D eigenvalue weighted by molar-refractivity contribution is 0.353. The smallest absolute Gasteiger partial charge is 0.0166 e. The Labute approximate surface area is 76.2 Å². The van der Waals surface area contributed by atoms with Crippen LogP contribution in [0.1, 0.15) is 40.0 Å². The monoisotopic (exact) mass is 167 g/mol. The maximum Gasteiger partial charge on any atom is 0.0166 e. The van der Waals surface area contributed by atoms with Crippen LogP contribution in [0.2, 0.25) is 0 Å². The Bertz CT molecular complexity index is 166. The molecule has 0 bridgehead atoms. The molecule has 1 N–H and O–H groups in total. The van der Waals surface area contributed by atoms with Gasteiger partial charge in [-0.05, 0) is 39.0 Å². The van der Waals surface area contributed by atoms with E-state index in [1.807, 2.05) is 0 Å². The Morgan fingerprint density at radius 2 is 2.08 bits per heavy atom. The predicted octanol–water partition coefficient (Wildman–Crippen LogP) is 2.73. The molecule has 0 aromatic rings. The van der Waals surface area contributed by atoms with Gasteiger partial charge < -0.3 is 5.32 Å². The predicted molar refractivity (Wildman–Crippen MR) is 54.2 cm³/mol. The van der Waals surface area contributed by atoms with Crippen LogP contribution >= 0.6 is 0 Å². The zero-order valence-corrected chi connectivity index (χ0v) is 8.61. The molecule has 0 amide bonds. The van der Waals surface area contributed by atoms with Crippen LogP contribution in [0, 0.1) is 5.92 Å². The minimum atomic E-state index is 0.331. The van der Waals surface area contributed by atoms with E-state index >= 15 is 0 Å². The third kappa shape index (κ3) is 2.63. The third-order valence-corrected chi connectivity index (χ3v) is 2.89. The second kappa shape index (κ2) is 3.61. The van der Waals surface area contributed by atoms with Crippen molar-refractivity contribution in [3.63, 3.8) is 0 Å². The van der Waals surface area contributed by atoms with Gasteiger partial charge in [0.25, 0.3) is 0 Å². The Hall–Kier alpha value is -0.300. The van der Waals surface area contributed by atoms with Crippen molar-refractivity contribution in [1.82, 2.24) is 5.32 Å². The van der Waals surface area contributed by atoms with Crippen molar-refractivity contribution in [1.29, 1.82) is 0 Å². The molecule has 0 unspecified atom stereocenters. The molecule has 1 fully saturated rings. The van der Waals surface area contributed by atoms with Gasteiger partial charge in [-0.3, -0.25) is 0 Å². The van der Waals surface area contributed by atoms with Crippen LogP contribution in [0.15, 0.2) is 12.2 Å². The van der Waals surface area contributed by atoms with Crippen LogP contribution in [-0.4, -0.2) is 12.1 Å². The molecule has 1 rings (SSSR count). The lowest BCUT2D eigenvalue weighted by Crippen LogP contribution is -2.42. The van der Waals surface area contributed by atoms with Crippen LogP contribution in [0.25, 0.3) is 0 Å². The van der Waals surface area contributed by atoms with E-state index in [0.29, 0.717) is 5.54 Å². The minimum absolute atomic E-state index is 0.331. The van der Waals surface area contributed by atoms with Crippen LogP contribution in [0.4, 0.5) is 0 Å². The first kappa shape index (κ1) is 9.79. The summed E-state index contributed by atoms with van der Waals surface area (Å²) in [5.41, 5.74) is 1.64. The van der Waals surface area contributed by atoms with Crippen LogP contribution < -0.4 is 5.32 Å². The van der Waals surface area contributed by atoms with Gasteiger partial charge in [-0.25, -0.2) is 0 Å². The second-order valence-electron chi connectivity index (χ2n) is 4.45. The highest BCUT2D eigenvalue weighted by Gasteiger charge is 2.36. The molecule has 0 spiro atoms. The summed E-state index contributed by atoms with van der Waals surface area (Å²) in [6.07, 6.45) is 3.89. The molecule has 1 saturated carbocycles. The molecular formula is C11H21N. The lowest BCUT2D eigenvalue weighted by Gasteiger charge is -2.26. The summed E-state index contributed by atoms with van der Waals surface area (Å²) < 4.78 is 0. The van der Waals surface area contributed by atoms with E-state index < -0.39 is 0 Å². The zero-order valence-electron chi connectivity index (χ0n) is 8.61. The van der Waals surface area contributed by atoms with E-state index in [9.17, 15) is 0 Å². The van der Waals surface area contributed by atoms with Crippen LogP contribution in [-0.2, 0) is 0 Å². The molecule has 0 atom stereocenters. The molecule has 1 heteroatoms. The SMILES string of the molecule is C=C(CC)CNC(C)(C)C1CC1. The summed E-state index contributed by atoms with van der Waals surface area (Å²) in [6, 6.07) is 0. The van der Waals surface area contributed by atoms with Crippen molar-refractivity contribution in [2.24, 2.45) is 5.92 Å². The van der Waals surface area contributed by atoms with Gasteiger partial charge in [0.2, 0.25) is 0 Å². The van der Waals surface area contributed by atoms with Gasteiger partial charge in [0, 0.05) is 12.1 Å². The Balaban J connectivity index is 2.24. The molecule has 1 aliphatic carbocycles. The summed E-state index contributed by atoms with van der Waals surface area (Å²) in [4.78, 5) is 0. The molecule has 0 saturated heterocycles. The molecule has 70 valence electrons. The molecule has 0 aromatic heterocycles. The first-order chi connectivity index (χ1) is 5.56. The van der Waals surface area contributed by atoms with Gasteiger partial charge in [-0.1, -0.05) is 19.1 Å². The first-order valence-electron chi connectivity index (χ1n) is 4.98. The molecule has 0 aliphatic heterocycles. The van der Waals surface area contributed by atoms with Gasteiger partial charge in [-0.2, -0.15) is 0 Å². The first-order valence-corrected chi connectivity index (χ1v) is 4.98. The fraction of sp³-hybridized carbons (Fsp3) is 0.818. The number of nitrogens with one attached hydrogen (secondary N) is 1. The topological polar surface area (TPSA) is 12.0 Å². The maximum atomic E-state index is 3.99. The summed E-state index contributed by atoms with van der Waals surface area (Å²) in [5.74, 6) is 0.905. The maximum absolute atomic E-state index is 3.99. The fourth-order valence-corrected chi connectivity index (χ4v) is 1.43. The summed E-state index contributed by atoms with van der Waals surface area (Å²) in [7, 11) is 0. The molecule has 1 aliphatic rings. The van der Waals surface area contributed by atoms with Crippen LogP contribution in [0.5, 0.6) is 0 Å². The standard InChI is InChI=1S/C11H21N/c1-5-9(2)8-12-11(3,4)10-6-7-10/h10,12H,2,5-8H2,1,3-4H3. The van der Waals surface area contributed by atoms with E-state index in [1.165, 1.54) is 18.4 Å². The van der Waals surface area contributed by atoms with E-state index in [2.05, 4.69) is 32.7 Å². The molecule has 0 radical (unpaired) electrons. The average Bonchev–Trinajstić information content (AvgIpc) is 2.82. The summed E-state index contributed by atoms with van der Waals surface area (Å²) >= 11 is 0. The summed E-state index contributed by atoms with van der Waals surface area (Å²) in [6.45, 7) is 11.7. The van der Waals surface area contributed by atoms with Gasteiger partial charge in [0.15, 0.2) is 0 Å². The Morgan fingerprint density at radius 1 is 1.50 bits per heavy atom. The van der Waals surface area contributed by atoms with Crippen molar-refractivity contribution in [2.45, 2.75) is 45.6 Å². The van der Waals surface area contributed by atoms with Gasteiger partial charge in [0.05, 0.1) is 0 Å². The van der Waals surface area contributed by atoms with Crippen molar-refractivity contribution in [3.8, 4) is 0 Å². The zero-order chi connectivity index (χ0) is 9.19. The minimum Gasteiger partial charge on any atom is -0.308 e. The molecular weight excluding hydrogens is 146 g/mol. The number of hydrogen-bond donors (Lipinski definition) is 1. The van der Waals surface area contributed by atoms with Crippen molar-refractivity contribution >= 4 is 0 Å². The Kier molecular flexibility index (Phi) is 2.94. The van der Waals surface area contributed by atoms with Crippen molar-refractivity contribution in [2.75, 3.05) is 6.54 Å². The van der Waals surface area contributed by atoms with E-state index in [1.54, 1.807) is 0 Å².